The van der Waals surface area contributed by atoms with Crippen LogP contribution in [-0.4, -0.2) is 13.1 Å². The molecule has 2 aliphatic rings. The van der Waals surface area contributed by atoms with Crippen LogP contribution in [0.25, 0.3) is 0 Å². The highest BCUT2D eigenvalue weighted by molar-refractivity contribution is 5.67. The van der Waals surface area contributed by atoms with Gasteiger partial charge in [0.25, 0.3) is 0 Å². The average molecular weight is 248 g/mol. The van der Waals surface area contributed by atoms with E-state index in [1.807, 2.05) is 6.07 Å². The smallest absolute Gasteiger partial charge is 0.125 e. The number of halogens is 1. The molecule has 2 fully saturated rings. The summed E-state index contributed by atoms with van der Waals surface area (Å²) in [6.45, 7) is 2.13. The molecule has 0 radical (unpaired) electrons. The summed E-state index contributed by atoms with van der Waals surface area (Å²) in [6, 6.07) is 4.75. The molecule has 2 nitrogen and oxygen atoms in total. The van der Waals surface area contributed by atoms with Crippen LogP contribution in [0.4, 0.5) is 15.8 Å². The Morgan fingerprint density at radius 1 is 1.06 bits per heavy atom. The van der Waals surface area contributed by atoms with Gasteiger partial charge >= 0.3 is 0 Å². The van der Waals surface area contributed by atoms with E-state index in [1.54, 1.807) is 0 Å². The summed E-state index contributed by atoms with van der Waals surface area (Å²) in [6.07, 6.45) is 8.14. The van der Waals surface area contributed by atoms with Crippen LogP contribution in [-0.2, 0) is 0 Å². The number of nitrogen functional groups attached to an aromatic ring is 1. The number of benzene rings is 1. The van der Waals surface area contributed by atoms with Crippen LogP contribution in [0.2, 0.25) is 0 Å². The molecule has 1 saturated carbocycles. The first kappa shape index (κ1) is 11.8. The van der Waals surface area contributed by atoms with Gasteiger partial charge < -0.3 is 10.6 Å². The van der Waals surface area contributed by atoms with Crippen molar-refractivity contribution in [1.82, 2.24) is 0 Å². The van der Waals surface area contributed by atoms with E-state index < -0.39 is 0 Å². The highest BCUT2D eigenvalue weighted by Crippen LogP contribution is 2.47. The molecule has 2 N–H and O–H groups in total. The van der Waals surface area contributed by atoms with Gasteiger partial charge in [-0.25, -0.2) is 4.39 Å². The summed E-state index contributed by atoms with van der Waals surface area (Å²) in [4.78, 5) is 2.32. The van der Waals surface area contributed by atoms with Gasteiger partial charge in [0, 0.05) is 13.1 Å². The Balaban J connectivity index is 1.72. The fourth-order valence-corrected chi connectivity index (χ4v) is 3.66. The third-order valence-electron chi connectivity index (χ3n) is 4.82. The van der Waals surface area contributed by atoms with E-state index in [1.165, 1.54) is 50.7 Å². The lowest BCUT2D eigenvalue weighted by atomic mass is 9.77. The van der Waals surface area contributed by atoms with Crippen molar-refractivity contribution < 1.29 is 4.39 Å². The van der Waals surface area contributed by atoms with Crippen molar-refractivity contribution >= 4 is 11.4 Å². The van der Waals surface area contributed by atoms with Crippen LogP contribution >= 0.6 is 0 Å². The number of hydrogen-bond donors (Lipinski definition) is 1. The molecule has 0 bridgehead atoms. The van der Waals surface area contributed by atoms with E-state index in [2.05, 4.69) is 4.90 Å². The normalized spacial score (nSPS) is 22.6. The SMILES string of the molecule is Nc1cc(F)ccc1N1CCC2(CCCC2)CC1. The summed E-state index contributed by atoms with van der Waals surface area (Å²) in [5.41, 5.74) is 8.10. The topological polar surface area (TPSA) is 29.3 Å². The molecule has 3 rings (SSSR count). The molecule has 3 heteroatoms. The van der Waals surface area contributed by atoms with Crippen molar-refractivity contribution in [3.8, 4) is 0 Å². The van der Waals surface area contributed by atoms with Gasteiger partial charge in [0.1, 0.15) is 5.82 Å². The minimum atomic E-state index is -0.250. The Morgan fingerprint density at radius 3 is 2.33 bits per heavy atom. The quantitative estimate of drug-likeness (QED) is 0.770. The van der Waals surface area contributed by atoms with Crippen LogP contribution in [0, 0.1) is 11.2 Å². The lowest BCUT2D eigenvalue weighted by Crippen LogP contribution is -2.39. The first-order valence-electron chi connectivity index (χ1n) is 6.99. The molecular weight excluding hydrogens is 227 g/mol. The molecule has 1 heterocycles. The number of rotatable bonds is 1. The zero-order chi connectivity index (χ0) is 12.6. The molecule has 0 amide bonds. The third-order valence-corrected chi connectivity index (χ3v) is 4.82. The molecule has 0 unspecified atom stereocenters. The number of anilines is 2. The molecule has 1 spiro atoms. The van der Waals surface area contributed by atoms with Crippen LogP contribution in [0.15, 0.2) is 18.2 Å². The van der Waals surface area contributed by atoms with Crippen molar-refractivity contribution in [2.45, 2.75) is 38.5 Å². The Labute approximate surface area is 108 Å². The first-order valence-corrected chi connectivity index (χ1v) is 6.99. The molecule has 1 aromatic rings. The summed E-state index contributed by atoms with van der Waals surface area (Å²) in [7, 11) is 0. The molecule has 1 aliphatic heterocycles. The number of piperidine rings is 1. The van der Waals surface area contributed by atoms with Crippen molar-refractivity contribution in [3.63, 3.8) is 0 Å². The van der Waals surface area contributed by atoms with E-state index in [-0.39, 0.29) is 5.82 Å². The van der Waals surface area contributed by atoms with Crippen LogP contribution in [0.3, 0.4) is 0 Å². The van der Waals surface area contributed by atoms with Gasteiger partial charge in [-0.2, -0.15) is 0 Å². The van der Waals surface area contributed by atoms with Crippen LogP contribution in [0.1, 0.15) is 38.5 Å². The van der Waals surface area contributed by atoms with Crippen molar-refractivity contribution in [2.75, 3.05) is 23.7 Å². The molecule has 1 saturated heterocycles. The zero-order valence-electron chi connectivity index (χ0n) is 10.8. The predicted molar refractivity (Wildman–Crippen MR) is 73.2 cm³/mol. The Morgan fingerprint density at radius 2 is 1.72 bits per heavy atom. The highest BCUT2D eigenvalue weighted by atomic mass is 19.1. The maximum absolute atomic E-state index is 13.1. The van der Waals surface area contributed by atoms with Gasteiger partial charge in [0.15, 0.2) is 0 Å². The molecule has 1 aromatic carbocycles. The summed E-state index contributed by atoms with van der Waals surface area (Å²) >= 11 is 0. The fraction of sp³-hybridized carbons (Fsp3) is 0.600. The summed E-state index contributed by atoms with van der Waals surface area (Å²) in [5, 5.41) is 0. The van der Waals surface area contributed by atoms with Gasteiger partial charge in [-0.1, -0.05) is 12.8 Å². The number of hydrogen-bond acceptors (Lipinski definition) is 2. The zero-order valence-corrected chi connectivity index (χ0v) is 10.8. The van der Waals surface area contributed by atoms with Crippen molar-refractivity contribution in [3.05, 3.63) is 24.0 Å². The maximum Gasteiger partial charge on any atom is 0.125 e. The van der Waals surface area contributed by atoms with Gasteiger partial charge in [-0.05, 0) is 49.3 Å². The second-order valence-corrected chi connectivity index (χ2v) is 5.90. The van der Waals surface area contributed by atoms with Crippen molar-refractivity contribution in [1.29, 1.82) is 0 Å². The second kappa shape index (κ2) is 4.45. The van der Waals surface area contributed by atoms with E-state index in [0.717, 1.165) is 18.8 Å². The lowest BCUT2D eigenvalue weighted by molar-refractivity contribution is 0.226. The largest absolute Gasteiger partial charge is 0.397 e. The number of nitrogens with zero attached hydrogens (tertiary/aromatic N) is 1. The minimum absolute atomic E-state index is 0.250. The van der Waals surface area contributed by atoms with Gasteiger partial charge in [0.05, 0.1) is 11.4 Å². The monoisotopic (exact) mass is 248 g/mol. The van der Waals surface area contributed by atoms with Gasteiger partial charge in [-0.3, -0.25) is 0 Å². The molecule has 0 aromatic heterocycles. The molecule has 98 valence electrons. The predicted octanol–water partition coefficient (Wildman–Crippen LogP) is 3.57. The van der Waals surface area contributed by atoms with Crippen LogP contribution in [0.5, 0.6) is 0 Å². The Kier molecular flexibility index (Phi) is 2.92. The average Bonchev–Trinajstić information content (AvgIpc) is 2.80. The lowest BCUT2D eigenvalue weighted by Gasteiger charge is -2.40. The maximum atomic E-state index is 13.1. The number of nitrogens with two attached hydrogens (primary N) is 1. The second-order valence-electron chi connectivity index (χ2n) is 5.90. The Hall–Kier alpha value is -1.25. The Bertz CT molecular complexity index is 428. The standard InChI is InChI=1S/C15H21FN2/c16-12-3-4-14(13(17)11-12)18-9-7-15(8-10-18)5-1-2-6-15/h3-4,11H,1-2,5-10,17H2. The van der Waals surface area contributed by atoms with Gasteiger partial charge in [-0.15, -0.1) is 0 Å². The van der Waals surface area contributed by atoms with E-state index in [0.29, 0.717) is 11.1 Å². The fourth-order valence-electron chi connectivity index (χ4n) is 3.66. The first-order chi connectivity index (χ1) is 8.69. The van der Waals surface area contributed by atoms with E-state index >= 15 is 0 Å². The molecule has 18 heavy (non-hydrogen) atoms. The van der Waals surface area contributed by atoms with E-state index in [4.69, 9.17) is 5.73 Å². The minimum Gasteiger partial charge on any atom is -0.397 e. The summed E-state index contributed by atoms with van der Waals surface area (Å²) < 4.78 is 13.1. The molecular formula is C15H21FN2. The van der Waals surface area contributed by atoms with E-state index in [9.17, 15) is 4.39 Å². The highest BCUT2D eigenvalue weighted by Gasteiger charge is 2.37. The summed E-state index contributed by atoms with van der Waals surface area (Å²) in [5.74, 6) is -0.250. The van der Waals surface area contributed by atoms with Crippen molar-refractivity contribution in [2.24, 2.45) is 5.41 Å². The molecule has 0 atom stereocenters. The van der Waals surface area contributed by atoms with Gasteiger partial charge in [0.2, 0.25) is 0 Å². The third kappa shape index (κ3) is 2.06. The molecule has 1 aliphatic carbocycles. The van der Waals surface area contributed by atoms with Crippen LogP contribution < -0.4 is 10.6 Å².